The molecule has 1 amide bonds. The fourth-order valence-corrected chi connectivity index (χ4v) is 1.94. The van der Waals surface area contributed by atoms with Crippen LogP contribution in [0, 0.1) is 25.5 Å². The standard InChI is InChI=1S/C14H14F2N4O/c1-7-3-8(2)18-12(4-7)19-14(21)9-5-10(15)13(20-17)11(16)6-9/h3-6,20H,17H2,1-2H3,(H,18,19,21). The van der Waals surface area contributed by atoms with E-state index in [1.165, 1.54) is 0 Å². The highest BCUT2D eigenvalue weighted by atomic mass is 19.1. The second-order valence-electron chi connectivity index (χ2n) is 4.58. The van der Waals surface area contributed by atoms with Crippen LogP contribution in [0.2, 0.25) is 0 Å². The third kappa shape index (κ3) is 3.32. The third-order valence-electron chi connectivity index (χ3n) is 2.79. The molecule has 21 heavy (non-hydrogen) atoms. The Balaban J connectivity index is 2.28. The summed E-state index contributed by atoms with van der Waals surface area (Å²) in [5, 5.41) is 2.50. The van der Waals surface area contributed by atoms with Gasteiger partial charge >= 0.3 is 0 Å². The van der Waals surface area contributed by atoms with Gasteiger partial charge in [0.1, 0.15) is 11.5 Å². The Morgan fingerprint density at radius 2 is 1.76 bits per heavy atom. The fraction of sp³-hybridized carbons (Fsp3) is 0.143. The van der Waals surface area contributed by atoms with Crippen molar-refractivity contribution in [2.45, 2.75) is 13.8 Å². The van der Waals surface area contributed by atoms with Crippen LogP contribution >= 0.6 is 0 Å². The Morgan fingerprint density at radius 1 is 1.14 bits per heavy atom. The van der Waals surface area contributed by atoms with Crippen molar-refractivity contribution in [3.63, 3.8) is 0 Å². The van der Waals surface area contributed by atoms with Crippen molar-refractivity contribution < 1.29 is 13.6 Å². The lowest BCUT2D eigenvalue weighted by molar-refractivity contribution is 0.102. The molecule has 2 aromatic rings. The summed E-state index contributed by atoms with van der Waals surface area (Å²) in [6, 6.07) is 5.30. The predicted octanol–water partition coefficient (Wildman–Crippen LogP) is 2.51. The van der Waals surface area contributed by atoms with Gasteiger partial charge in [-0.25, -0.2) is 13.8 Å². The number of aryl methyl sites for hydroxylation is 2. The van der Waals surface area contributed by atoms with Crippen molar-refractivity contribution in [1.82, 2.24) is 4.98 Å². The molecule has 0 fully saturated rings. The maximum atomic E-state index is 13.6. The number of nitrogens with one attached hydrogen (secondary N) is 2. The topological polar surface area (TPSA) is 80.0 Å². The lowest BCUT2D eigenvalue weighted by Gasteiger charge is -2.09. The summed E-state index contributed by atoms with van der Waals surface area (Å²) in [5.74, 6) is 2.76. The van der Waals surface area contributed by atoms with Gasteiger partial charge in [-0.3, -0.25) is 10.6 Å². The molecule has 0 radical (unpaired) electrons. The molecule has 0 saturated heterocycles. The van der Waals surface area contributed by atoms with E-state index in [-0.39, 0.29) is 5.56 Å². The number of carbonyl (C=O) groups excluding carboxylic acids is 1. The Kier molecular flexibility index (Phi) is 4.13. The quantitative estimate of drug-likeness (QED) is 0.600. The maximum absolute atomic E-state index is 13.6. The van der Waals surface area contributed by atoms with E-state index in [1.807, 2.05) is 18.4 Å². The molecule has 0 aliphatic carbocycles. The molecule has 1 heterocycles. The molecule has 0 saturated carbocycles. The molecule has 0 bridgehead atoms. The summed E-state index contributed by atoms with van der Waals surface area (Å²) < 4.78 is 27.1. The number of carbonyl (C=O) groups is 1. The molecule has 110 valence electrons. The molecule has 5 nitrogen and oxygen atoms in total. The lowest BCUT2D eigenvalue weighted by Crippen LogP contribution is -2.16. The number of amides is 1. The van der Waals surface area contributed by atoms with E-state index in [9.17, 15) is 13.6 Å². The molecule has 0 aliphatic heterocycles. The van der Waals surface area contributed by atoms with E-state index in [0.717, 1.165) is 23.4 Å². The zero-order valence-corrected chi connectivity index (χ0v) is 11.5. The smallest absolute Gasteiger partial charge is 0.257 e. The van der Waals surface area contributed by atoms with Crippen molar-refractivity contribution in [2.24, 2.45) is 5.84 Å². The zero-order chi connectivity index (χ0) is 15.6. The van der Waals surface area contributed by atoms with E-state index in [1.54, 1.807) is 13.0 Å². The highest BCUT2D eigenvalue weighted by molar-refractivity contribution is 6.04. The summed E-state index contributed by atoms with van der Waals surface area (Å²) in [7, 11) is 0. The van der Waals surface area contributed by atoms with Crippen LogP contribution in [0.4, 0.5) is 20.3 Å². The first-order chi connectivity index (χ1) is 9.90. The Labute approximate surface area is 120 Å². The van der Waals surface area contributed by atoms with Crippen molar-refractivity contribution in [3.8, 4) is 0 Å². The first-order valence-electron chi connectivity index (χ1n) is 6.13. The number of halogens is 2. The first kappa shape index (κ1) is 14.9. The number of nitrogens with zero attached hydrogens (tertiary/aromatic N) is 1. The minimum atomic E-state index is -0.948. The van der Waals surface area contributed by atoms with E-state index >= 15 is 0 Å². The van der Waals surface area contributed by atoms with Gasteiger partial charge in [-0.2, -0.15) is 0 Å². The van der Waals surface area contributed by atoms with Gasteiger partial charge in [0.05, 0.1) is 0 Å². The number of aromatic nitrogens is 1. The molecule has 0 spiro atoms. The maximum Gasteiger partial charge on any atom is 0.257 e. The van der Waals surface area contributed by atoms with Crippen LogP contribution in [0.15, 0.2) is 24.3 Å². The van der Waals surface area contributed by atoms with Crippen molar-refractivity contribution in [3.05, 3.63) is 52.7 Å². The highest BCUT2D eigenvalue weighted by Crippen LogP contribution is 2.20. The van der Waals surface area contributed by atoms with Crippen LogP contribution in [0.25, 0.3) is 0 Å². The van der Waals surface area contributed by atoms with Gasteiger partial charge in [0.2, 0.25) is 0 Å². The number of nitrogens with two attached hydrogens (primary N) is 1. The van der Waals surface area contributed by atoms with E-state index < -0.39 is 23.2 Å². The Bertz CT molecular complexity index is 660. The molecular weight excluding hydrogens is 278 g/mol. The van der Waals surface area contributed by atoms with E-state index in [0.29, 0.717) is 5.82 Å². The monoisotopic (exact) mass is 292 g/mol. The normalized spacial score (nSPS) is 10.3. The van der Waals surface area contributed by atoms with Crippen LogP contribution in [0.5, 0.6) is 0 Å². The van der Waals surface area contributed by atoms with Gasteiger partial charge < -0.3 is 10.7 Å². The fourth-order valence-electron chi connectivity index (χ4n) is 1.94. The van der Waals surface area contributed by atoms with Gasteiger partial charge in [-0.1, -0.05) is 0 Å². The molecule has 1 aromatic heterocycles. The van der Waals surface area contributed by atoms with Crippen LogP contribution in [-0.4, -0.2) is 10.9 Å². The van der Waals surface area contributed by atoms with Gasteiger partial charge in [0, 0.05) is 11.3 Å². The summed E-state index contributed by atoms with van der Waals surface area (Å²) in [5.41, 5.74) is 2.89. The molecule has 0 unspecified atom stereocenters. The molecule has 4 N–H and O–H groups in total. The number of rotatable bonds is 3. The molecular formula is C14H14F2N4O. The summed E-state index contributed by atoms with van der Waals surface area (Å²) >= 11 is 0. The average molecular weight is 292 g/mol. The molecule has 7 heteroatoms. The van der Waals surface area contributed by atoms with Gasteiger partial charge in [-0.05, 0) is 43.7 Å². The Hall–Kier alpha value is -2.54. The van der Waals surface area contributed by atoms with Crippen LogP contribution in [0.3, 0.4) is 0 Å². The van der Waals surface area contributed by atoms with Crippen molar-refractivity contribution in [1.29, 1.82) is 0 Å². The highest BCUT2D eigenvalue weighted by Gasteiger charge is 2.15. The largest absolute Gasteiger partial charge is 0.319 e. The van der Waals surface area contributed by atoms with Crippen LogP contribution in [0.1, 0.15) is 21.6 Å². The molecule has 0 aliphatic rings. The van der Waals surface area contributed by atoms with Crippen LogP contribution < -0.4 is 16.6 Å². The second kappa shape index (κ2) is 5.84. The van der Waals surface area contributed by atoms with E-state index in [2.05, 4.69) is 10.3 Å². The predicted molar refractivity (Wildman–Crippen MR) is 75.8 cm³/mol. The molecule has 1 aromatic carbocycles. The number of hydrogen-bond acceptors (Lipinski definition) is 4. The molecule has 0 atom stereocenters. The summed E-state index contributed by atoms with van der Waals surface area (Å²) in [4.78, 5) is 16.1. The average Bonchev–Trinajstić information content (AvgIpc) is 2.36. The number of pyridine rings is 1. The third-order valence-corrected chi connectivity index (χ3v) is 2.79. The minimum absolute atomic E-state index is 0.162. The van der Waals surface area contributed by atoms with Gasteiger partial charge in [-0.15, -0.1) is 0 Å². The number of hydrazine groups is 1. The van der Waals surface area contributed by atoms with E-state index in [4.69, 9.17) is 5.84 Å². The first-order valence-corrected chi connectivity index (χ1v) is 6.13. The van der Waals surface area contributed by atoms with Crippen molar-refractivity contribution in [2.75, 3.05) is 10.7 Å². The summed E-state index contributed by atoms with van der Waals surface area (Å²) in [6.07, 6.45) is 0. The zero-order valence-electron chi connectivity index (χ0n) is 11.5. The van der Waals surface area contributed by atoms with Gasteiger partial charge in [0.15, 0.2) is 11.6 Å². The number of nitrogen functional groups attached to an aromatic ring is 1. The van der Waals surface area contributed by atoms with Crippen LogP contribution in [-0.2, 0) is 0 Å². The second-order valence-corrected chi connectivity index (χ2v) is 4.58. The lowest BCUT2D eigenvalue weighted by atomic mass is 10.1. The summed E-state index contributed by atoms with van der Waals surface area (Å²) in [6.45, 7) is 3.63. The number of benzene rings is 1. The molecule has 2 rings (SSSR count). The van der Waals surface area contributed by atoms with Gasteiger partial charge in [0.25, 0.3) is 5.91 Å². The minimum Gasteiger partial charge on any atom is -0.319 e. The van der Waals surface area contributed by atoms with Crippen molar-refractivity contribution >= 4 is 17.4 Å². The SMILES string of the molecule is Cc1cc(C)nc(NC(=O)c2cc(F)c(NN)c(F)c2)c1. The Morgan fingerprint density at radius 3 is 2.29 bits per heavy atom. The number of anilines is 2. The number of hydrogen-bond donors (Lipinski definition) is 3.